The van der Waals surface area contributed by atoms with E-state index in [4.69, 9.17) is 4.74 Å². The van der Waals surface area contributed by atoms with Crippen LogP contribution in [0.2, 0.25) is 0 Å². The average molecular weight is 454 g/mol. The third-order valence-electron chi connectivity index (χ3n) is 4.88. The van der Waals surface area contributed by atoms with Gasteiger partial charge in [0.2, 0.25) is 17.7 Å². The second-order valence-corrected chi connectivity index (χ2v) is 9.07. The molecule has 33 heavy (non-hydrogen) atoms. The maximum Gasteiger partial charge on any atom is 0.245 e. The van der Waals surface area contributed by atoms with Gasteiger partial charge in [0.05, 0.1) is 11.7 Å². The summed E-state index contributed by atoms with van der Waals surface area (Å²) in [7, 11) is 0. The van der Waals surface area contributed by atoms with Crippen LogP contribution in [0.15, 0.2) is 60.7 Å². The maximum absolute atomic E-state index is 13.2. The summed E-state index contributed by atoms with van der Waals surface area (Å²) in [5, 5.41) is 8.38. The van der Waals surface area contributed by atoms with E-state index in [9.17, 15) is 14.4 Å². The van der Waals surface area contributed by atoms with Crippen LogP contribution in [0.5, 0.6) is 0 Å². The molecule has 0 aliphatic carbocycles. The van der Waals surface area contributed by atoms with Gasteiger partial charge in [-0.3, -0.25) is 14.4 Å². The van der Waals surface area contributed by atoms with Crippen molar-refractivity contribution >= 4 is 17.7 Å². The lowest BCUT2D eigenvalue weighted by molar-refractivity contribution is -0.138. The van der Waals surface area contributed by atoms with Gasteiger partial charge in [0.15, 0.2) is 0 Å². The van der Waals surface area contributed by atoms with Crippen molar-refractivity contribution in [3.8, 4) is 0 Å². The molecule has 0 aliphatic heterocycles. The van der Waals surface area contributed by atoms with Gasteiger partial charge in [0.1, 0.15) is 12.1 Å². The first-order valence-electron chi connectivity index (χ1n) is 11.2. The molecule has 2 rings (SSSR count). The molecule has 0 aliphatic rings. The van der Waals surface area contributed by atoms with Gasteiger partial charge in [-0.05, 0) is 38.8 Å². The van der Waals surface area contributed by atoms with Gasteiger partial charge in [-0.15, -0.1) is 0 Å². The van der Waals surface area contributed by atoms with Crippen LogP contribution in [-0.4, -0.2) is 41.5 Å². The van der Waals surface area contributed by atoms with Gasteiger partial charge < -0.3 is 20.7 Å². The highest BCUT2D eigenvalue weighted by molar-refractivity contribution is 5.92. The van der Waals surface area contributed by atoms with Gasteiger partial charge in [0, 0.05) is 19.9 Å². The molecule has 2 aromatic rings. The molecule has 0 heterocycles. The zero-order valence-electron chi connectivity index (χ0n) is 20.1. The van der Waals surface area contributed by atoms with Crippen molar-refractivity contribution in [1.29, 1.82) is 0 Å². The van der Waals surface area contributed by atoms with Gasteiger partial charge in [-0.2, -0.15) is 0 Å². The lowest BCUT2D eigenvalue weighted by Crippen LogP contribution is -2.58. The Kier molecular flexibility index (Phi) is 9.60. The Morgan fingerprint density at radius 2 is 1.39 bits per heavy atom. The van der Waals surface area contributed by atoms with Crippen molar-refractivity contribution < 1.29 is 19.1 Å². The van der Waals surface area contributed by atoms with Gasteiger partial charge in [-0.25, -0.2) is 0 Å². The van der Waals surface area contributed by atoms with Crippen molar-refractivity contribution in [3.05, 3.63) is 71.8 Å². The number of amides is 3. The van der Waals surface area contributed by atoms with E-state index in [-0.39, 0.29) is 11.8 Å². The van der Waals surface area contributed by atoms with Crippen molar-refractivity contribution in [3.63, 3.8) is 0 Å². The molecule has 3 atom stereocenters. The molecule has 2 aromatic carbocycles. The van der Waals surface area contributed by atoms with Crippen LogP contribution in [0, 0.1) is 0 Å². The quantitative estimate of drug-likeness (QED) is 0.515. The van der Waals surface area contributed by atoms with Crippen LogP contribution in [0.4, 0.5) is 0 Å². The minimum Gasteiger partial charge on any atom is -0.370 e. The number of hydrogen-bond donors (Lipinski definition) is 3. The second-order valence-electron chi connectivity index (χ2n) is 9.07. The predicted octanol–water partition coefficient (Wildman–Crippen LogP) is 2.74. The average Bonchev–Trinajstić information content (AvgIpc) is 2.75. The fourth-order valence-electron chi connectivity index (χ4n) is 3.48. The summed E-state index contributed by atoms with van der Waals surface area (Å²) in [6.45, 7) is 9.11. The SMILES string of the molecule is CC(=O)N[C@@H](Cc1ccccc1)C(=O)N[C@H](C(=O)NCc1ccccc1)[C@@H](C)OC(C)(C)C. The largest absolute Gasteiger partial charge is 0.370 e. The van der Waals surface area contributed by atoms with E-state index in [0.29, 0.717) is 13.0 Å². The minimum absolute atomic E-state index is 0.305. The third kappa shape index (κ3) is 9.45. The van der Waals surface area contributed by atoms with E-state index < -0.39 is 29.7 Å². The molecule has 0 bridgehead atoms. The van der Waals surface area contributed by atoms with E-state index in [1.54, 1.807) is 6.92 Å². The first kappa shape index (κ1) is 26.1. The molecule has 0 spiro atoms. The van der Waals surface area contributed by atoms with Gasteiger partial charge in [0.25, 0.3) is 0 Å². The monoisotopic (exact) mass is 453 g/mol. The van der Waals surface area contributed by atoms with Crippen LogP contribution >= 0.6 is 0 Å². The molecule has 7 heteroatoms. The summed E-state index contributed by atoms with van der Waals surface area (Å²) in [6, 6.07) is 17.2. The Balaban J connectivity index is 2.17. The number of benzene rings is 2. The highest BCUT2D eigenvalue weighted by Crippen LogP contribution is 2.14. The summed E-state index contributed by atoms with van der Waals surface area (Å²) in [4.78, 5) is 38.0. The Bertz CT molecular complexity index is 910. The number of nitrogens with one attached hydrogen (secondary N) is 3. The normalized spacial score (nSPS) is 14.0. The maximum atomic E-state index is 13.2. The standard InChI is InChI=1S/C26H35N3O4/c1-18(33-26(3,4)5)23(25(32)27-17-21-14-10-7-11-15-21)29-24(31)22(28-19(2)30)16-20-12-8-6-9-13-20/h6-15,18,22-23H,16-17H2,1-5H3,(H,27,32)(H,28,30)(H,29,31)/t18-,22+,23+/m1/s1. The number of hydrogen-bond acceptors (Lipinski definition) is 4. The van der Waals surface area contributed by atoms with E-state index in [0.717, 1.165) is 11.1 Å². The fourth-order valence-corrected chi connectivity index (χ4v) is 3.48. The van der Waals surface area contributed by atoms with E-state index in [1.165, 1.54) is 6.92 Å². The summed E-state index contributed by atoms with van der Waals surface area (Å²) in [6.07, 6.45) is -0.293. The summed E-state index contributed by atoms with van der Waals surface area (Å²) in [5.74, 6) is -1.13. The van der Waals surface area contributed by atoms with Crippen LogP contribution in [0.3, 0.4) is 0 Å². The zero-order valence-corrected chi connectivity index (χ0v) is 20.1. The minimum atomic E-state index is -0.938. The first-order valence-corrected chi connectivity index (χ1v) is 11.2. The molecule has 0 saturated heterocycles. The summed E-state index contributed by atoms with van der Waals surface area (Å²) >= 11 is 0. The highest BCUT2D eigenvalue weighted by Gasteiger charge is 2.32. The second kappa shape index (κ2) is 12.2. The number of carbonyl (C=O) groups excluding carboxylic acids is 3. The predicted molar refractivity (Wildman–Crippen MR) is 128 cm³/mol. The topological polar surface area (TPSA) is 96.5 Å². The van der Waals surface area contributed by atoms with Crippen molar-refractivity contribution in [2.24, 2.45) is 0 Å². The molecule has 178 valence electrons. The molecule has 3 N–H and O–H groups in total. The molecule has 0 unspecified atom stereocenters. The van der Waals surface area contributed by atoms with Crippen LogP contribution < -0.4 is 16.0 Å². The molecular formula is C26H35N3O4. The molecule has 0 fully saturated rings. The molecule has 3 amide bonds. The van der Waals surface area contributed by atoms with Crippen LogP contribution in [0.25, 0.3) is 0 Å². The molecule has 7 nitrogen and oxygen atoms in total. The van der Waals surface area contributed by atoms with E-state index in [1.807, 2.05) is 81.4 Å². The number of ether oxygens (including phenoxy) is 1. The summed E-state index contributed by atoms with van der Waals surface area (Å²) in [5.41, 5.74) is 1.33. The third-order valence-corrected chi connectivity index (χ3v) is 4.88. The van der Waals surface area contributed by atoms with Crippen molar-refractivity contribution in [1.82, 2.24) is 16.0 Å². The van der Waals surface area contributed by atoms with E-state index >= 15 is 0 Å². The Hall–Kier alpha value is -3.19. The van der Waals surface area contributed by atoms with Crippen molar-refractivity contribution in [2.75, 3.05) is 0 Å². The zero-order chi connectivity index (χ0) is 24.4. The van der Waals surface area contributed by atoms with E-state index in [2.05, 4.69) is 16.0 Å². The molecule has 0 aromatic heterocycles. The lowest BCUT2D eigenvalue weighted by Gasteiger charge is -2.31. The number of carbonyl (C=O) groups is 3. The van der Waals surface area contributed by atoms with Crippen LogP contribution in [-0.2, 0) is 32.1 Å². The van der Waals surface area contributed by atoms with Gasteiger partial charge in [-0.1, -0.05) is 60.7 Å². The van der Waals surface area contributed by atoms with Crippen molar-refractivity contribution in [2.45, 2.75) is 71.4 Å². The fraction of sp³-hybridized carbons (Fsp3) is 0.423. The molecular weight excluding hydrogens is 418 g/mol. The highest BCUT2D eigenvalue weighted by atomic mass is 16.5. The molecule has 0 saturated carbocycles. The Morgan fingerprint density at radius 1 is 0.848 bits per heavy atom. The number of rotatable bonds is 10. The first-order chi connectivity index (χ1) is 15.5. The van der Waals surface area contributed by atoms with Gasteiger partial charge >= 0.3 is 0 Å². The summed E-state index contributed by atoms with van der Waals surface area (Å²) < 4.78 is 5.99. The lowest BCUT2D eigenvalue weighted by atomic mass is 10.0. The molecule has 0 radical (unpaired) electrons. The Labute approximate surface area is 196 Å². The smallest absolute Gasteiger partial charge is 0.245 e. The van der Waals surface area contributed by atoms with Crippen LogP contribution in [0.1, 0.15) is 45.7 Å². The Morgan fingerprint density at radius 3 is 1.91 bits per heavy atom.